The number of hydrogen-bond donors (Lipinski definition) is 0. The van der Waals surface area contributed by atoms with Crippen LogP contribution in [0.1, 0.15) is 11.1 Å². The summed E-state index contributed by atoms with van der Waals surface area (Å²) in [7, 11) is 0. The molecule has 94 valence electrons. The summed E-state index contributed by atoms with van der Waals surface area (Å²) in [6.45, 7) is 1.98. The van der Waals surface area contributed by atoms with Crippen LogP contribution in [0.2, 0.25) is 10.0 Å². The van der Waals surface area contributed by atoms with E-state index in [0.717, 1.165) is 11.1 Å². The van der Waals surface area contributed by atoms with Gasteiger partial charge in [-0.15, -0.1) is 11.6 Å². The zero-order chi connectivity index (χ0) is 13.1. The molecule has 1 nitrogen and oxygen atoms in total. The molecule has 2 rings (SSSR count). The first-order chi connectivity index (χ1) is 8.60. The molecule has 0 amide bonds. The van der Waals surface area contributed by atoms with Crippen LogP contribution >= 0.6 is 34.8 Å². The third kappa shape index (κ3) is 3.11. The van der Waals surface area contributed by atoms with E-state index in [0.29, 0.717) is 27.4 Å². The Morgan fingerprint density at radius 1 is 1.00 bits per heavy atom. The van der Waals surface area contributed by atoms with Crippen molar-refractivity contribution in [1.82, 2.24) is 0 Å². The molecule has 0 N–H and O–H groups in total. The lowest BCUT2D eigenvalue weighted by Gasteiger charge is -2.11. The molecule has 0 aliphatic rings. The zero-order valence-corrected chi connectivity index (χ0v) is 12.0. The smallest absolute Gasteiger partial charge is 0.146 e. The summed E-state index contributed by atoms with van der Waals surface area (Å²) in [5.41, 5.74) is 1.95. The van der Waals surface area contributed by atoms with Gasteiger partial charge in [-0.05, 0) is 36.8 Å². The Balaban J connectivity index is 2.38. The molecule has 18 heavy (non-hydrogen) atoms. The maximum atomic E-state index is 6.09. The van der Waals surface area contributed by atoms with Crippen molar-refractivity contribution >= 4 is 34.8 Å². The van der Waals surface area contributed by atoms with Gasteiger partial charge < -0.3 is 4.74 Å². The van der Waals surface area contributed by atoms with Gasteiger partial charge in [0.1, 0.15) is 11.5 Å². The van der Waals surface area contributed by atoms with Gasteiger partial charge in [-0.25, -0.2) is 0 Å². The van der Waals surface area contributed by atoms with E-state index in [-0.39, 0.29) is 0 Å². The molecule has 0 aromatic heterocycles. The number of halogens is 3. The fourth-order valence-corrected chi connectivity index (χ4v) is 2.08. The van der Waals surface area contributed by atoms with Crippen LogP contribution in [-0.2, 0) is 5.88 Å². The molecule has 0 heterocycles. The van der Waals surface area contributed by atoms with Crippen LogP contribution in [0.4, 0.5) is 0 Å². The predicted molar refractivity (Wildman–Crippen MR) is 77.3 cm³/mol. The summed E-state index contributed by atoms with van der Waals surface area (Å²) in [5, 5.41) is 1.16. The van der Waals surface area contributed by atoms with Gasteiger partial charge in [-0.2, -0.15) is 0 Å². The van der Waals surface area contributed by atoms with Crippen LogP contribution < -0.4 is 4.74 Å². The van der Waals surface area contributed by atoms with Crippen molar-refractivity contribution in [1.29, 1.82) is 0 Å². The minimum Gasteiger partial charge on any atom is -0.455 e. The highest BCUT2D eigenvalue weighted by molar-refractivity contribution is 6.32. The van der Waals surface area contributed by atoms with Crippen molar-refractivity contribution in [2.75, 3.05) is 0 Å². The Morgan fingerprint density at radius 2 is 1.78 bits per heavy atom. The molecular formula is C14H11Cl3O. The van der Waals surface area contributed by atoms with E-state index in [4.69, 9.17) is 39.5 Å². The Hall–Kier alpha value is -0.890. The Morgan fingerprint density at radius 3 is 2.50 bits per heavy atom. The first-order valence-electron chi connectivity index (χ1n) is 5.38. The molecule has 0 unspecified atom stereocenters. The maximum Gasteiger partial charge on any atom is 0.146 e. The van der Waals surface area contributed by atoms with Crippen LogP contribution in [0, 0.1) is 6.92 Å². The highest BCUT2D eigenvalue weighted by Crippen LogP contribution is 2.34. The summed E-state index contributed by atoms with van der Waals surface area (Å²) in [5.74, 6) is 1.59. The molecule has 4 heteroatoms. The van der Waals surface area contributed by atoms with E-state index < -0.39 is 0 Å². The molecule has 0 bridgehead atoms. The highest BCUT2D eigenvalue weighted by Gasteiger charge is 2.08. The van der Waals surface area contributed by atoms with E-state index in [1.165, 1.54) is 0 Å². The third-order valence-corrected chi connectivity index (χ3v) is 3.32. The minimum absolute atomic E-state index is 0.357. The molecule has 2 aromatic carbocycles. The summed E-state index contributed by atoms with van der Waals surface area (Å²) < 4.78 is 5.79. The Labute approximate surface area is 121 Å². The topological polar surface area (TPSA) is 9.23 Å². The highest BCUT2D eigenvalue weighted by atomic mass is 35.5. The quantitative estimate of drug-likeness (QED) is 0.648. The standard InChI is InChI=1S/C14H11Cl3O/c1-9-2-5-12(17)14(6-9)18-13-7-11(16)4-3-10(13)8-15/h2-7H,8H2,1H3. The third-order valence-electron chi connectivity index (χ3n) is 2.48. The predicted octanol–water partition coefficient (Wildman–Crippen LogP) is 5.83. The lowest BCUT2D eigenvalue weighted by atomic mass is 10.2. The number of hydrogen-bond acceptors (Lipinski definition) is 1. The van der Waals surface area contributed by atoms with E-state index >= 15 is 0 Å². The van der Waals surface area contributed by atoms with E-state index in [2.05, 4.69) is 0 Å². The second-order valence-electron chi connectivity index (χ2n) is 3.92. The average Bonchev–Trinajstić information content (AvgIpc) is 2.34. The minimum atomic E-state index is 0.357. The van der Waals surface area contributed by atoms with Crippen molar-refractivity contribution in [3.8, 4) is 11.5 Å². The average molecular weight is 302 g/mol. The maximum absolute atomic E-state index is 6.09. The summed E-state index contributed by atoms with van der Waals surface area (Å²) in [4.78, 5) is 0. The van der Waals surface area contributed by atoms with Crippen molar-refractivity contribution in [3.05, 3.63) is 57.6 Å². The van der Waals surface area contributed by atoms with Gasteiger partial charge in [0.2, 0.25) is 0 Å². The van der Waals surface area contributed by atoms with Gasteiger partial charge >= 0.3 is 0 Å². The van der Waals surface area contributed by atoms with Gasteiger partial charge in [0.25, 0.3) is 0 Å². The lowest BCUT2D eigenvalue weighted by molar-refractivity contribution is 0.478. The van der Waals surface area contributed by atoms with Gasteiger partial charge in [-0.1, -0.05) is 35.3 Å². The van der Waals surface area contributed by atoms with Gasteiger partial charge in [-0.3, -0.25) is 0 Å². The molecule has 0 fully saturated rings. The summed E-state index contributed by atoms with van der Waals surface area (Å²) >= 11 is 17.9. The number of alkyl halides is 1. The summed E-state index contributed by atoms with van der Waals surface area (Å²) in [6, 6.07) is 11.0. The molecule has 0 atom stereocenters. The molecule has 0 saturated heterocycles. The SMILES string of the molecule is Cc1ccc(Cl)c(Oc2cc(Cl)ccc2CCl)c1. The van der Waals surface area contributed by atoms with Crippen LogP contribution in [0.3, 0.4) is 0 Å². The molecule has 0 radical (unpaired) electrons. The largest absolute Gasteiger partial charge is 0.455 e. The monoisotopic (exact) mass is 300 g/mol. The van der Waals surface area contributed by atoms with Gasteiger partial charge in [0.05, 0.1) is 10.9 Å². The molecule has 0 aliphatic carbocycles. The number of aryl methyl sites for hydroxylation is 1. The summed E-state index contributed by atoms with van der Waals surface area (Å²) in [6.07, 6.45) is 0. The second kappa shape index (κ2) is 5.83. The number of benzene rings is 2. The van der Waals surface area contributed by atoms with E-state index in [9.17, 15) is 0 Å². The molecule has 0 aliphatic heterocycles. The van der Waals surface area contributed by atoms with Gasteiger partial charge in [0, 0.05) is 10.6 Å². The first kappa shape index (κ1) is 13.5. The molecule has 2 aromatic rings. The van der Waals surface area contributed by atoms with Crippen molar-refractivity contribution in [2.45, 2.75) is 12.8 Å². The van der Waals surface area contributed by atoms with Crippen molar-refractivity contribution in [2.24, 2.45) is 0 Å². The number of rotatable bonds is 3. The second-order valence-corrected chi connectivity index (χ2v) is 5.03. The van der Waals surface area contributed by atoms with E-state index in [1.807, 2.05) is 25.1 Å². The van der Waals surface area contributed by atoms with Crippen molar-refractivity contribution in [3.63, 3.8) is 0 Å². The Kier molecular flexibility index (Phi) is 4.39. The molecular weight excluding hydrogens is 291 g/mol. The Bertz CT molecular complexity index is 567. The van der Waals surface area contributed by atoms with Crippen LogP contribution in [-0.4, -0.2) is 0 Å². The van der Waals surface area contributed by atoms with Crippen LogP contribution in [0.25, 0.3) is 0 Å². The fraction of sp³-hybridized carbons (Fsp3) is 0.143. The van der Waals surface area contributed by atoms with Crippen LogP contribution in [0.15, 0.2) is 36.4 Å². The van der Waals surface area contributed by atoms with E-state index in [1.54, 1.807) is 18.2 Å². The van der Waals surface area contributed by atoms with Crippen LogP contribution in [0.5, 0.6) is 11.5 Å². The van der Waals surface area contributed by atoms with Gasteiger partial charge in [0.15, 0.2) is 0 Å². The zero-order valence-electron chi connectivity index (χ0n) is 9.71. The lowest BCUT2D eigenvalue weighted by Crippen LogP contribution is -1.91. The number of ether oxygens (including phenoxy) is 1. The molecule has 0 saturated carbocycles. The van der Waals surface area contributed by atoms with Crippen molar-refractivity contribution < 1.29 is 4.74 Å². The normalized spacial score (nSPS) is 10.4. The molecule has 0 spiro atoms. The fourth-order valence-electron chi connectivity index (χ4n) is 1.54. The first-order valence-corrected chi connectivity index (χ1v) is 6.67.